The molecule has 92 valence electrons. The molecule has 0 bridgehead atoms. The van der Waals surface area contributed by atoms with Crippen LogP contribution in [0.3, 0.4) is 0 Å². The summed E-state index contributed by atoms with van der Waals surface area (Å²) in [6.07, 6.45) is 7.58. The Morgan fingerprint density at radius 3 is 2.95 bits per heavy atom. The van der Waals surface area contributed by atoms with Gasteiger partial charge in [-0.05, 0) is 25.0 Å². The molecule has 6 nitrogen and oxygen atoms in total. The highest BCUT2D eigenvalue weighted by Gasteiger charge is 2.26. The molecule has 0 unspecified atom stereocenters. The van der Waals surface area contributed by atoms with Crippen molar-refractivity contribution in [2.24, 2.45) is 0 Å². The first-order valence-corrected chi connectivity index (χ1v) is 6.14. The van der Waals surface area contributed by atoms with E-state index in [4.69, 9.17) is 5.26 Å². The van der Waals surface area contributed by atoms with Gasteiger partial charge in [0, 0.05) is 6.04 Å². The summed E-state index contributed by atoms with van der Waals surface area (Å²) >= 11 is 0. The third-order valence-corrected chi connectivity index (χ3v) is 3.35. The van der Waals surface area contributed by atoms with Crippen molar-refractivity contribution in [3.63, 3.8) is 0 Å². The van der Waals surface area contributed by atoms with Crippen LogP contribution in [0, 0.1) is 11.3 Å². The van der Waals surface area contributed by atoms with Crippen LogP contribution in [0.25, 0.3) is 17.0 Å². The normalized spacial score (nSPS) is 14.7. The predicted octanol–water partition coefficient (Wildman–Crippen LogP) is 1.80. The minimum atomic E-state index is 0.439. The summed E-state index contributed by atoms with van der Waals surface area (Å²) in [5, 5.41) is 13.5. The lowest BCUT2D eigenvalue weighted by Gasteiger charge is -2.06. The highest BCUT2D eigenvalue weighted by Crippen LogP contribution is 2.37. The molecule has 0 spiro atoms. The van der Waals surface area contributed by atoms with Gasteiger partial charge >= 0.3 is 0 Å². The average Bonchev–Trinajstić information content (AvgIpc) is 3.03. The maximum atomic E-state index is 9.03. The van der Waals surface area contributed by atoms with Gasteiger partial charge in [-0.1, -0.05) is 0 Å². The summed E-state index contributed by atoms with van der Waals surface area (Å²) < 4.78 is 3.72. The molecule has 19 heavy (non-hydrogen) atoms. The van der Waals surface area contributed by atoms with Gasteiger partial charge in [0.15, 0.2) is 11.3 Å². The number of hydrogen-bond acceptors (Lipinski definition) is 4. The fraction of sp³-hybridized carbons (Fsp3) is 0.231. The van der Waals surface area contributed by atoms with Crippen LogP contribution in [0.5, 0.6) is 0 Å². The van der Waals surface area contributed by atoms with E-state index in [2.05, 4.69) is 25.7 Å². The van der Waals surface area contributed by atoms with E-state index in [0.29, 0.717) is 17.4 Å². The summed E-state index contributed by atoms with van der Waals surface area (Å²) in [7, 11) is 0. The van der Waals surface area contributed by atoms with Crippen molar-refractivity contribution in [3.05, 3.63) is 36.5 Å². The van der Waals surface area contributed by atoms with Gasteiger partial charge in [-0.3, -0.25) is 0 Å². The second-order valence-electron chi connectivity index (χ2n) is 4.66. The Balaban J connectivity index is 1.90. The molecule has 0 aliphatic heterocycles. The smallest absolute Gasteiger partial charge is 0.162 e. The van der Waals surface area contributed by atoms with Gasteiger partial charge in [0.25, 0.3) is 0 Å². The van der Waals surface area contributed by atoms with Crippen LogP contribution in [0.1, 0.15) is 24.6 Å². The highest BCUT2D eigenvalue weighted by atomic mass is 15.3. The van der Waals surface area contributed by atoms with Crippen LogP contribution in [-0.2, 0) is 0 Å². The number of nitrogens with zero attached hydrogens (tertiary/aromatic N) is 6. The van der Waals surface area contributed by atoms with Crippen LogP contribution in [-0.4, -0.2) is 24.1 Å². The quantitative estimate of drug-likeness (QED) is 0.695. The van der Waals surface area contributed by atoms with Crippen molar-refractivity contribution >= 4 is 5.65 Å². The number of nitriles is 1. The predicted molar refractivity (Wildman–Crippen MR) is 67.2 cm³/mol. The second kappa shape index (κ2) is 3.65. The van der Waals surface area contributed by atoms with Crippen LogP contribution < -0.4 is 0 Å². The molecule has 1 aliphatic carbocycles. The minimum absolute atomic E-state index is 0.439. The molecule has 3 heterocycles. The Morgan fingerprint density at radius 2 is 2.16 bits per heavy atom. The van der Waals surface area contributed by atoms with Crippen molar-refractivity contribution in [1.82, 2.24) is 24.1 Å². The third kappa shape index (κ3) is 1.52. The number of rotatable bonds is 2. The molecule has 0 atom stereocenters. The zero-order chi connectivity index (χ0) is 12.8. The van der Waals surface area contributed by atoms with Gasteiger partial charge in [0.1, 0.15) is 11.8 Å². The van der Waals surface area contributed by atoms with Gasteiger partial charge in [0.05, 0.1) is 24.4 Å². The van der Waals surface area contributed by atoms with Gasteiger partial charge in [-0.2, -0.15) is 10.4 Å². The first-order chi connectivity index (χ1) is 9.36. The Hall–Kier alpha value is -2.68. The minimum Gasteiger partial charge on any atom is -0.326 e. The van der Waals surface area contributed by atoms with Crippen LogP contribution >= 0.6 is 0 Å². The van der Waals surface area contributed by atoms with E-state index >= 15 is 0 Å². The van der Waals surface area contributed by atoms with E-state index in [0.717, 1.165) is 11.4 Å². The van der Waals surface area contributed by atoms with Gasteiger partial charge in [-0.15, -0.1) is 0 Å². The molecule has 0 saturated heterocycles. The maximum Gasteiger partial charge on any atom is 0.162 e. The topological polar surface area (TPSA) is 71.8 Å². The maximum absolute atomic E-state index is 9.03. The molecular formula is C13H10N6. The molecule has 0 amide bonds. The van der Waals surface area contributed by atoms with E-state index in [1.165, 1.54) is 19.0 Å². The molecule has 3 aromatic heterocycles. The van der Waals surface area contributed by atoms with Crippen LogP contribution in [0.15, 0.2) is 30.9 Å². The fourth-order valence-corrected chi connectivity index (χ4v) is 2.23. The van der Waals surface area contributed by atoms with Crippen molar-refractivity contribution < 1.29 is 0 Å². The standard InChI is InChI=1S/C13H10N6/c14-5-10-6-16-13-4-3-11(17-19(10)13)12-7-15-8-18(12)9-1-2-9/h3-4,6-9H,1-2H2. The van der Waals surface area contributed by atoms with E-state index < -0.39 is 0 Å². The molecular weight excluding hydrogens is 240 g/mol. The second-order valence-corrected chi connectivity index (χ2v) is 4.66. The lowest BCUT2D eigenvalue weighted by Crippen LogP contribution is -2.01. The van der Waals surface area contributed by atoms with Crippen molar-refractivity contribution in [1.29, 1.82) is 5.26 Å². The zero-order valence-corrected chi connectivity index (χ0v) is 10.1. The first kappa shape index (κ1) is 10.3. The molecule has 0 radical (unpaired) electrons. The fourth-order valence-electron chi connectivity index (χ4n) is 2.23. The molecule has 3 aromatic rings. The summed E-state index contributed by atoms with van der Waals surface area (Å²) in [5.41, 5.74) is 2.92. The van der Waals surface area contributed by atoms with Gasteiger partial charge in [0.2, 0.25) is 0 Å². The van der Waals surface area contributed by atoms with E-state index in [-0.39, 0.29) is 0 Å². The molecule has 0 aromatic carbocycles. The number of hydrogen-bond donors (Lipinski definition) is 0. The molecule has 0 N–H and O–H groups in total. The molecule has 1 aliphatic rings. The largest absolute Gasteiger partial charge is 0.326 e. The van der Waals surface area contributed by atoms with Crippen molar-refractivity contribution in [2.75, 3.05) is 0 Å². The van der Waals surface area contributed by atoms with Crippen LogP contribution in [0.4, 0.5) is 0 Å². The average molecular weight is 250 g/mol. The summed E-state index contributed by atoms with van der Waals surface area (Å²) in [6.45, 7) is 0. The van der Waals surface area contributed by atoms with E-state index in [1.54, 1.807) is 4.52 Å². The Kier molecular flexibility index (Phi) is 1.97. The van der Waals surface area contributed by atoms with Crippen molar-refractivity contribution in [3.8, 4) is 17.5 Å². The summed E-state index contributed by atoms with van der Waals surface area (Å²) in [6, 6.07) is 6.42. The molecule has 1 fully saturated rings. The van der Waals surface area contributed by atoms with Gasteiger partial charge in [-0.25, -0.2) is 14.5 Å². The lowest BCUT2D eigenvalue weighted by atomic mass is 10.3. The van der Waals surface area contributed by atoms with Crippen molar-refractivity contribution in [2.45, 2.75) is 18.9 Å². The Labute approximate surface area is 108 Å². The van der Waals surface area contributed by atoms with Gasteiger partial charge < -0.3 is 4.57 Å². The summed E-state index contributed by atoms with van der Waals surface area (Å²) in [5.74, 6) is 0. The first-order valence-electron chi connectivity index (χ1n) is 6.14. The zero-order valence-electron chi connectivity index (χ0n) is 10.1. The third-order valence-electron chi connectivity index (χ3n) is 3.35. The lowest BCUT2D eigenvalue weighted by molar-refractivity contribution is 0.742. The number of fused-ring (bicyclic) bond motifs is 1. The number of imidazole rings is 2. The monoisotopic (exact) mass is 250 g/mol. The molecule has 1 saturated carbocycles. The number of aromatic nitrogens is 5. The van der Waals surface area contributed by atoms with Crippen LogP contribution in [0.2, 0.25) is 0 Å². The summed E-state index contributed by atoms with van der Waals surface area (Å²) in [4.78, 5) is 8.34. The Morgan fingerprint density at radius 1 is 1.26 bits per heavy atom. The van der Waals surface area contributed by atoms with E-state index in [9.17, 15) is 0 Å². The SMILES string of the molecule is N#Cc1cnc2ccc(-c3cncn3C3CC3)nn12. The highest BCUT2D eigenvalue weighted by molar-refractivity contribution is 5.56. The molecule has 4 rings (SSSR count). The molecule has 6 heteroatoms. The van der Waals surface area contributed by atoms with E-state index in [1.807, 2.05) is 24.7 Å². The Bertz CT molecular complexity index is 802.